The Bertz CT molecular complexity index is 114. The third-order valence-corrected chi connectivity index (χ3v) is 2.17. The van der Waals surface area contributed by atoms with Gasteiger partial charge in [-0.2, -0.15) is 0 Å². The molecule has 0 fully saturated rings. The highest BCUT2D eigenvalue weighted by Gasteiger charge is 2.21. The molecule has 0 saturated carbocycles. The first-order valence-electron chi connectivity index (χ1n) is 4.46. The number of aliphatic hydroxyl groups excluding tert-OH is 3. The fraction of sp³-hybridized carbons (Fsp3) is 1.00. The largest absolute Gasteiger partial charge is 0.396 e. The summed E-state index contributed by atoms with van der Waals surface area (Å²) in [4.78, 5) is 0. The first kappa shape index (κ1) is 11.9. The van der Waals surface area contributed by atoms with Crippen LogP contribution in [0, 0.1) is 11.8 Å². The Balaban J connectivity index is 3.83. The van der Waals surface area contributed by atoms with Gasteiger partial charge in [-0.25, -0.2) is 0 Å². The monoisotopic (exact) mass is 176 g/mol. The molecule has 3 N–H and O–H groups in total. The second kappa shape index (κ2) is 5.51. The van der Waals surface area contributed by atoms with E-state index in [1.165, 1.54) is 0 Å². The average molecular weight is 176 g/mol. The summed E-state index contributed by atoms with van der Waals surface area (Å²) < 4.78 is 0. The SMILES string of the molecule is CC(O)CC(C)C(O)C(C)CO. The summed E-state index contributed by atoms with van der Waals surface area (Å²) in [6, 6.07) is 0. The van der Waals surface area contributed by atoms with E-state index in [-0.39, 0.29) is 24.5 Å². The van der Waals surface area contributed by atoms with Gasteiger partial charge in [0, 0.05) is 12.5 Å². The summed E-state index contributed by atoms with van der Waals surface area (Å²) in [5.41, 5.74) is 0. The van der Waals surface area contributed by atoms with E-state index < -0.39 is 6.10 Å². The quantitative estimate of drug-likeness (QED) is 0.567. The molecule has 0 aromatic carbocycles. The van der Waals surface area contributed by atoms with Gasteiger partial charge in [0.2, 0.25) is 0 Å². The molecule has 0 bridgehead atoms. The third kappa shape index (κ3) is 4.04. The highest BCUT2D eigenvalue weighted by molar-refractivity contribution is 4.71. The standard InChI is InChI=1S/C9H20O3/c1-6(4-8(3)11)9(12)7(2)5-10/h6-12H,4-5H2,1-3H3. The minimum Gasteiger partial charge on any atom is -0.396 e. The van der Waals surface area contributed by atoms with Crippen molar-refractivity contribution >= 4 is 0 Å². The molecule has 4 unspecified atom stereocenters. The summed E-state index contributed by atoms with van der Waals surface area (Å²) in [5, 5.41) is 27.4. The van der Waals surface area contributed by atoms with Crippen LogP contribution in [0.5, 0.6) is 0 Å². The summed E-state index contributed by atoms with van der Waals surface area (Å²) in [6.45, 7) is 5.37. The Morgan fingerprint density at radius 2 is 1.50 bits per heavy atom. The second-order valence-corrected chi connectivity index (χ2v) is 3.71. The van der Waals surface area contributed by atoms with Crippen LogP contribution in [0.1, 0.15) is 27.2 Å². The Kier molecular flexibility index (Phi) is 5.46. The molecule has 0 aliphatic carbocycles. The molecule has 74 valence electrons. The molecule has 0 aromatic heterocycles. The lowest BCUT2D eigenvalue weighted by atomic mass is 9.90. The molecule has 0 rings (SSSR count). The van der Waals surface area contributed by atoms with Crippen LogP contribution in [0.25, 0.3) is 0 Å². The molecule has 0 radical (unpaired) electrons. The highest BCUT2D eigenvalue weighted by Crippen LogP contribution is 2.17. The van der Waals surface area contributed by atoms with Crippen molar-refractivity contribution in [1.29, 1.82) is 0 Å². The van der Waals surface area contributed by atoms with Gasteiger partial charge in [0.25, 0.3) is 0 Å². The zero-order valence-corrected chi connectivity index (χ0v) is 8.07. The van der Waals surface area contributed by atoms with Crippen LogP contribution in [0.2, 0.25) is 0 Å². The van der Waals surface area contributed by atoms with E-state index in [0.717, 1.165) is 0 Å². The van der Waals surface area contributed by atoms with Gasteiger partial charge in [0.15, 0.2) is 0 Å². The van der Waals surface area contributed by atoms with Gasteiger partial charge in [-0.1, -0.05) is 13.8 Å². The van der Waals surface area contributed by atoms with Crippen molar-refractivity contribution in [3.8, 4) is 0 Å². The fourth-order valence-electron chi connectivity index (χ4n) is 1.35. The normalized spacial score (nSPS) is 21.5. The van der Waals surface area contributed by atoms with Crippen LogP contribution in [0.15, 0.2) is 0 Å². The van der Waals surface area contributed by atoms with Crippen molar-refractivity contribution in [3.63, 3.8) is 0 Å². The van der Waals surface area contributed by atoms with Crippen molar-refractivity contribution in [1.82, 2.24) is 0 Å². The first-order valence-corrected chi connectivity index (χ1v) is 4.46. The molecule has 3 nitrogen and oxygen atoms in total. The molecule has 3 heteroatoms. The van der Waals surface area contributed by atoms with Gasteiger partial charge >= 0.3 is 0 Å². The predicted octanol–water partition coefficient (Wildman–Crippen LogP) is 0.383. The van der Waals surface area contributed by atoms with Crippen LogP contribution in [0.4, 0.5) is 0 Å². The number of aliphatic hydroxyl groups is 3. The molecule has 0 aromatic rings. The Morgan fingerprint density at radius 1 is 1.00 bits per heavy atom. The minimum atomic E-state index is -0.524. The van der Waals surface area contributed by atoms with Crippen LogP contribution >= 0.6 is 0 Å². The van der Waals surface area contributed by atoms with E-state index in [1.54, 1.807) is 13.8 Å². The predicted molar refractivity (Wildman–Crippen MR) is 47.7 cm³/mol. The van der Waals surface area contributed by atoms with Gasteiger partial charge in [-0.3, -0.25) is 0 Å². The maximum Gasteiger partial charge on any atom is 0.0614 e. The Hall–Kier alpha value is -0.120. The van der Waals surface area contributed by atoms with Crippen molar-refractivity contribution in [3.05, 3.63) is 0 Å². The molecule has 0 aliphatic heterocycles. The smallest absolute Gasteiger partial charge is 0.0614 e. The van der Waals surface area contributed by atoms with Gasteiger partial charge < -0.3 is 15.3 Å². The van der Waals surface area contributed by atoms with E-state index in [0.29, 0.717) is 6.42 Å². The van der Waals surface area contributed by atoms with Gasteiger partial charge in [0.05, 0.1) is 12.2 Å². The van der Waals surface area contributed by atoms with Gasteiger partial charge in [0.1, 0.15) is 0 Å². The molecular weight excluding hydrogens is 156 g/mol. The summed E-state index contributed by atoms with van der Waals surface area (Å²) in [6.07, 6.45) is -0.337. The van der Waals surface area contributed by atoms with E-state index in [9.17, 15) is 5.11 Å². The highest BCUT2D eigenvalue weighted by atomic mass is 16.3. The Labute approximate surface area is 74.0 Å². The van der Waals surface area contributed by atoms with Crippen LogP contribution in [-0.2, 0) is 0 Å². The number of hydrogen-bond acceptors (Lipinski definition) is 3. The number of hydrogen-bond donors (Lipinski definition) is 3. The van der Waals surface area contributed by atoms with Crippen LogP contribution in [-0.4, -0.2) is 34.1 Å². The van der Waals surface area contributed by atoms with Crippen LogP contribution < -0.4 is 0 Å². The summed E-state index contributed by atoms with van der Waals surface area (Å²) in [7, 11) is 0. The Morgan fingerprint density at radius 3 is 1.83 bits per heavy atom. The summed E-state index contributed by atoms with van der Waals surface area (Å²) in [5.74, 6) is -0.0779. The average Bonchev–Trinajstić information content (AvgIpc) is 2.00. The molecule has 0 aliphatic rings. The van der Waals surface area contributed by atoms with Crippen molar-refractivity contribution < 1.29 is 15.3 Å². The second-order valence-electron chi connectivity index (χ2n) is 3.71. The molecular formula is C9H20O3. The lowest BCUT2D eigenvalue weighted by Gasteiger charge is -2.24. The summed E-state index contributed by atoms with van der Waals surface area (Å²) >= 11 is 0. The topological polar surface area (TPSA) is 60.7 Å². The zero-order valence-electron chi connectivity index (χ0n) is 8.07. The molecule has 0 spiro atoms. The lowest BCUT2D eigenvalue weighted by molar-refractivity contribution is 0.0181. The van der Waals surface area contributed by atoms with E-state index in [4.69, 9.17) is 10.2 Å². The maximum atomic E-state index is 9.56. The maximum absolute atomic E-state index is 9.56. The minimum absolute atomic E-state index is 0.00861. The molecule has 0 amide bonds. The van der Waals surface area contributed by atoms with E-state index >= 15 is 0 Å². The van der Waals surface area contributed by atoms with Crippen molar-refractivity contribution in [2.75, 3.05) is 6.61 Å². The van der Waals surface area contributed by atoms with Gasteiger partial charge in [-0.15, -0.1) is 0 Å². The number of rotatable bonds is 5. The zero-order chi connectivity index (χ0) is 9.72. The third-order valence-electron chi connectivity index (χ3n) is 2.17. The van der Waals surface area contributed by atoms with E-state index in [2.05, 4.69) is 0 Å². The lowest BCUT2D eigenvalue weighted by Crippen LogP contribution is -2.29. The van der Waals surface area contributed by atoms with Gasteiger partial charge in [-0.05, 0) is 19.3 Å². The van der Waals surface area contributed by atoms with E-state index in [1.807, 2.05) is 6.92 Å². The fourth-order valence-corrected chi connectivity index (χ4v) is 1.35. The molecule has 4 atom stereocenters. The van der Waals surface area contributed by atoms with Crippen LogP contribution in [0.3, 0.4) is 0 Å². The van der Waals surface area contributed by atoms with Crippen molar-refractivity contribution in [2.24, 2.45) is 11.8 Å². The van der Waals surface area contributed by atoms with Crippen molar-refractivity contribution in [2.45, 2.75) is 39.4 Å². The molecule has 0 heterocycles. The first-order chi connectivity index (χ1) is 5.49. The molecule has 0 saturated heterocycles. The molecule has 12 heavy (non-hydrogen) atoms.